The summed E-state index contributed by atoms with van der Waals surface area (Å²) in [5, 5.41) is 23.5. The fourth-order valence-electron chi connectivity index (χ4n) is 2.66. The van der Waals surface area contributed by atoms with E-state index in [2.05, 4.69) is 20.3 Å². The standard InChI is InChI=1S/C17H20N6O3/c1-12(9-24)6-7-18-16-15-17(20-10-19-16)22(11-21-15)8-13-4-2-3-5-14(13)23(25)26/h2-5,10-12,24H,6-9H2,1H3,(H,18,19,20). The summed E-state index contributed by atoms with van der Waals surface area (Å²) in [6, 6.07) is 6.62. The zero-order chi connectivity index (χ0) is 18.5. The number of anilines is 1. The van der Waals surface area contributed by atoms with E-state index in [4.69, 9.17) is 5.11 Å². The smallest absolute Gasteiger partial charge is 0.274 e. The van der Waals surface area contributed by atoms with E-state index in [-0.39, 0.29) is 18.2 Å². The van der Waals surface area contributed by atoms with Crippen LogP contribution in [0.25, 0.3) is 11.2 Å². The molecule has 0 aliphatic heterocycles. The molecule has 0 fully saturated rings. The van der Waals surface area contributed by atoms with Crippen molar-refractivity contribution in [2.45, 2.75) is 19.9 Å². The number of rotatable bonds is 8. The van der Waals surface area contributed by atoms with Crippen LogP contribution >= 0.6 is 0 Å². The van der Waals surface area contributed by atoms with Crippen molar-refractivity contribution in [1.29, 1.82) is 0 Å². The molecule has 1 aromatic carbocycles. The number of nitro groups is 1. The predicted molar refractivity (Wildman–Crippen MR) is 96.9 cm³/mol. The molecule has 26 heavy (non-hydrogen) atoms. The molecule has 2 heterocycles. The molecule has 9 heteroatoms. The fourth-order valence-corrected chi connectivity index (χ4v) is 2.66. The number of imidazole rings is 1. The van der Waals surface area contributed by atoms with E-state index in [9.17, 15) is 10.1 Å². The highest BCUT2D eigenvalue weighted by Crippen LogP contribution is 2.22. The van der Waals surface area contributed by atoms with Crippen LogP contribution in [0.1, 0.15) is 18.9 Å². The quantitative estimate of drug-likeness (QED) is 0.469. The van der Waals surface area contributed by atoms with Crippen LogP contribution in [0.4, 0.5) is 11.5 Å². The van der Waals surface area contributed by atoms with Crippen molar-refractivity contribution in [2.24, 2.45) is 5.92 Å². The van der Waals surface area contributed by atoms with Crippen LogP contribution < -0.4 is 5.32 Å². The summed E-state index contributed by atoms with van der Waals surface area (Å²) in [6.45, 7) is 3.07. The maximum atomic E-state index is 11.2. The Morgan fingerprint density at radius 2 is 2.12 bits per heavy atom. The van der Waals surface area contributed by atoms with E-state index >= 15 is 0 Å². The van der Waals surface area contributed by atoms with Crippen LogP contribution in [0, 0.1) is 16.0 Å². The summed E-state index contributed by atoms with van der Waals surface area (Å²) in [6.07, 6.45) is 3.86. The Morgan fingerprint density at radius 1 is 1.31 bits per heavy atom. The van der Waals surface area contributed by atoms with Gasteiger partial charge in [-0.25, -0.2) is 15.0 Å². The highest BCUT2D eigenvalue weighted by atomic mass is 16.6. The molecule has 1 unspecified atom stereocenters. The molecule has 0 amide bonds. The minimum Gasteiger partial charge on any atom is -0.396 e. The number of hydrogen-bond donors (Lipinski definition) is 2. The van der Waals surface area contributed by atoms with E-state index in [0.717, 1.165) is 6.42 Å². The first kappa shape index (κ1) is 17.7. The maximum Gasteiger partial charge on any atom is 0.274 e. The zero-order valence-corrected chi connectivity index (χ0v) is 14.4. The lowest BCUT2D eigenvalue weighted by molar-refractivity contribution is -0.385. The molecule has 0 bridgehead atoms. The summed E-state index contributed by atoms with van der Waals surface area (Å²) in [4.78, 5) is 23.7. The summed E-state index contributed by atoms with van der Waals surface area (Å²) in [5.41, 5.74) is 1.88. The molecule has 0 aliphatic carbocycles. The third kappa shape index (κ3) is 3.77. The number of aliphatic hydroxyl groups excluding tert-OH is 1. The van der Waals surface area contributed by atoms with Gasteiger partial charge in [-0.05, 0) is 12.3 Å². The molecule has 2 N–H and O–H groups in total. The Bertz CT molecular complexity index is 910. The Kier molecular flexibility index (Phi) is 5.37. The van der Waals surface area contributed by atoms with Gasteiger partial charge in [0.05, 0.1) is 17.8 Å². The lowest BCUT2D eigenvalue weighted by atomic mass is 10.1. The highest BCUT2D eigenvalue weighted by molar-refractivity contribution is 5.82. The van der Waals surface area contributed by atoms with Crippen molar-refractivity contribution in [3.63, 3.8) is 0 Å². The number of para-hydroxylation sites is 1. The second-order valence-corrected chi connectivity index (χ2v) is 6.16. The second-order valence-electron chi connectivity index (χ2n) is 6.16. The van der Waals surface area contributed by atoms with E-state index in [0.29, 0.717) is 35.6 Å². The summed E-state index contributed by atoms with van der Waals surface area (Å²) in [7, 11) is 0. The van der Waals surface area contributed by atoms with Crippen molar-refractivity contribution < 1.29 is 10.0 Å². The minimum atomic E-state index is -0.390. The average molecular weight is 356 g/mol. The number of nitrogens with one attached hydrogen (secondary N) is 1. The SMILES string of the molecule is CC(CO)CCNc1ncnc2c1ncn2Cc1ccccc1[N+](=O)[O-]. The fraction of sp³-hybridized carbons (Fsp3) is 0.353. The van der Waals surface area contributed by atoms with Gasteiger partial charge in [0.15, 0.2) is 11.5 Å². The lowest BCUT2D eigenvalue weighted by Gasteiger charge is -2.09. The number of nitrogens with zero attached hydrogens (tertiary/aromatic N) is 5. The van der Waals surface area contributed by atoms with Crippen LogP contribution in [-0.2, 0) is 6.54 Å². The average Bonchev–Trinajstić information content (AvgIpc) is 3.05. The maximum absolute atomic E-state index is 11.2. The van der Waals surface area contributed by atoms with Crippen molar-refractivity contribution in [3.05, 3.63) is 52.6 Å². The predicted octanol–water partition coefficient (Wildman–Crippen LogP) is 2.21. The third-order valence-corrected chi connectivity index (χ3v) is 4.17. The van der Waals surface area contributed by atoms with Gasteiger partial charge in [0, 0.05) is 24.8 Å². The van der Waals surface area contributed by atoms with E-state index in [1.807, 2.05) is 6.92 Å². The summed E-state index contributed by atoms with van der Waals surface area (Å²) < 4.78 is 1.76. The van der Waals surface area contributed by atoms with Gasteiger partial charge in [0.1, 0.15) is 11.8 Å². The molecule has 0 aliphatic rings. The molecule has 9 nitrogen and oxygen atoms in total. The number of benzene rings is 1. The molecular formula is C17H20N6O3. The zero-order valence-electron chi connectivity index (χ0n) is 14.4. The van der Waals surface area contributed by atoms with E-state index in [1.165, 1.54) is 12.4 Å². The van der Waals surface area contributed by atoms with Crippen LogP contribution in [0.2, 0.25) is 0 Å². The summed E-state index contributed by atoms with van der Waals surface area (Å²) >= 11 is 0. The first-order chi connectivity index (χ1) is 12.6. The van der Waals surface area contributed by atoms with Crippen molar-refractivity contribution in [1.82, 2.24) is 19.5 Å². The van der Waals surface area contributed by atoms with Gasteiger partial charge < -0.3 is 15.0 Å². The molecule has 1 atom stereocenters. The van der Waals surface area contributed by atoms with Gasteiger partial charge in [0.2, 0.25) is 0 Å². The molecule has 3 aromatic rings. The monoisotopic (exact) mass is 356 g/mol. The number of aromatic nitrogens is 4. The van der Waals surface area contributed by atoms with E-state index in [1.54, 1.807) is 29.1 Å². The van der Waals surface area contributed by atoms with Gasteiger partial charge in [0.25, 0.3) is 5.69 Å². The molecule has 136 valence electrons. The molecule has 3 rings (SSSR count). The van der Waals surface area contributed by atoms with Crippen LogP contribution in [0.15, 0.2) is 36.9 Å². The number of fused-ring (bicyclic) bond motifs is 1. The minimum absolute atomic E-state index is 0.0692. The Balaban J connectivity index is 1.83. The summed E-state index contributed by atoms with van der Waals surface area (Å²) in [5.74, 6) is 0.817. The first-order valence-corrected chi connectivity index (χ1v) is 8.33. The van der Waals surface area contributed by atoms with Gasteiger partial charge in [-0.1, -0.05) is 25.1 Å². The van der Waals surface area contributed by atoms with Crippen LogP contribution in [0.5, 0.6) is 0 Å². The largest absolute Gasteiger partial charge is 0.396 e. The van der Waals surface area contributed by atoms with Crippen LogP contribution in [0.3, 0.4) is 0 Å². The van der Waals surface area contributed by atoms with Gasteiger partial charge in [-0.3, -0.25) is 10.1 Å². The second kappa shape index (κ2) is 7.87. The Labute approximate surface area is 149 Å². The van der Waals surface area contributed by atoms with Crippen molar-refractivity contribution in [2.75, 3.05) is 18.5 Å². The third-order valence-electron chi connectivity index (χ3n) is 4.17. The molecule has 0 spiro atoms. The van der Waals surface area contributed by atoms with Gasteiger partial charge in [-0.15, -0.1) is 0 Å². The lowest BCUT2D eigenvalue weighted by Crippen LogP contribution is -2.11. The molecule has 0 saturated carbocycles. The molecular weight excluding hydrogens is 336 g/mol. The van der Waals surface area contributed by atoms with Crippen molar-refractivity contribution in [3.8, 4) is 0 Å². The number of hydrogen-bond acceptors (Lipinski definition) is 7. The number of aliphatic hydroxyl groups is 1. The first-order valence-electron chi connectivity index (χ1n) is 8.33. The van der Waals surface area contributed by atoms with Gasteiger partial charge in [-0.2, -0.15) is 0 Å². The van der Waals surface area contributed by atoms with Gasteiger partial charge >= 0.3 is 0 Å². The normalized spacial score (nSPS) is 12.2. The van der Waals surface area contributed by atoms with E-state index < -0.39 is 4.92 Å². The number of nitro benzene ring substituents is 1. The highest BCUT2D eigenvalue weighted by Gasteiger charge is 2.15. The topological polar surface area (TPSA) is 119 Å². The molecule has 0 radical (unpaired) electrons. The Morgan fingerprint density at radius 3 is 2.88 bits per heavy atom. The molecule has 2 aromatic heterocycles. The Hall–Kier alpha value is -3.07. The van der Waals surface area contributed by atoms with Crippen LogP contribution in [-0.4, -0.2) is 42.7 Å². The molecule has 0 saturated heterocycles. The van der Waals surface area contributed by atoms with Crippen molar-refractivity contribution >= 4 is 22.7 Å².